The van der Waals surface area contributed by atoms with Gasteiger partial charge in [0.2, 0.25) is 0 Å². The van der Waals surface area contributed by atoms with E-state index in [1.165, 1.54) is 25.1 Å². The van der Waals surface area contributed by atoms with Crippen molar-refractivity contribution in [3.8, 4) is 0 Å². The Morgan fingerprint density at radius 1 is 1.35 bits per heavy atom. The molecule has 4 nitrogen and oxygen atoms in total. The summed E-state index contributed by atoms with van der Waals surface area (Å²) >= 11 is 0. The third-order valence-electron chi connectivity index (χ3n) is 4.09. The zero-order valence-electron chi connectivity index (χ0n) is 12.4. The van der Waals surface area contributed by atoms with Gasteiger partial charge in [0, 0.05) is 37.6 Å². The molecule has 1 N–H and O–H groups in total. The molecule has 1 saturated heterocycles. The number of piperidine rings is 1. The van der Waals surface area contributed by atoms with Crippen LogP contribution in [0.2, 0.25) is 0 Å². The van der Waals surface area contributed by atoms with Gasteiger partial charge < -0.3 is 10.2 Å². The SMILES string of the molecule is CC(C)NCC1CCCCN1c1cccc2nccn12. The minimum Gasteiger partial charge on any atom is -0.353 e. The van der Waals surface area contributed by atoms with E-state index in [2.05, 4.69) is 57.8 Å². The number of nitrogens with zero attached hydrogens (tertiary/aromatic N) is 3. The lowest BCUT2D eigenvalue weighted by Crippen LogP contribution is -2.47. The summed E-state index contributed by atoms with van der Waals surface area (Å²) in [5, 5.41) is 3.59. The largest absolute Gasteiger partial charge is 0.353 e. The van der Waals surface area contributed by atoms with Crippen LogP contribution in [0.5, 0.6) is 0 Å². The van der Waals surface area contributed by atoms with Crippen molar-refractivity contribution < 1.29 is 0 Å². The first-order valence-corrected chi connectivity index (χ1v) is 7.68. The molecule has 0 bridgehead atoms. The van der Waals surface area contributed by atoms with Gasteiger partial charge in [-0.05, 0) is 31.4 Å². The Hall–Kier alpha value is -1.55. The highest BCUT2D eigenvalue weighted by atomic mass is 15.3. The van der Waals surface area contributed by atoms with E-state index in [9.17, 15) is 0 Å². The van der Waals surface area contributed by atoms with E-state index in [0.29, 0.717) is 12.1 Å². The number of hydrogen-bond donors (Lipinski definition) is 1. The fourth-order valence-corrected chi connectivity index (χ4v) is 3.05. The predicted molar refractivity (Wildman–Crippen MR) is 83.3 cm³/mol. The first-order chi connectivity index (χ1) is 9.75. The van der Waals surface area contributed by atoms with E-state index in [1.807, 2.05) is 6.20 Å². The maximum atomic E-state index is 4.39. The van der Waals surface area contributed by atoms with Gasteiger partial charge in [-0.3, -0.25) is 4.40 Å². The molecule has 1 aliphatic heterocycles. The smallest absolute Gasteiger partial charge is 0.138 e. The molecule has 108 valence electrons. The molecule has 2 aromatic heterocycles. The molecule has 0 spiro atoms. The number of anilines is 1. The Labute approximate surface area is 120 Å². The first kappa shape index (κ1) is 13.4. The molecular weight excluding hydrogens is 248 g/mol. The van der Waals surface area contributed by atoms with E-state index < -0.39 is 0 Å². The molecule has 20 heavy (non-hydrogen) atoms. The fraction of sp³-hybridized carbons (Fsp3) is 0.562. The first-order valence-electron chi connectivity index (χ1n) is 7.68. The van der Waals surface area contributed by atoms with Gasteiger partial charge in [0.15, 0.2) is 0 Å². The Kier molecular flexibility index (Phi) is 3.92. The summed E-state index contributed by atoms with van der Waals surface area (Å²) in [7, 11) is 0. The van der Waals surface area contributed by atoms with Crippen LogP contribution in [0.1, 0.15) is 33.1 Å². The second-order valence-corrected chi connectivity index (χ2v) is 5.95. The van der Waals surface area contributed by atoms with Crippen molar-refractivity contribution in [2.75, 3.05) is 18.0 Å². The van der Waals surface area contributed by atoms with Gasteiger partial charge in [0.05, 0.1) is 0 Å². The maximum Gasteiger partial charge on any atom is 0.138 e. The third-order valence-corrected chi connectivity index (χ3v) is 4.09. The maximum absolute atomic E-state index is 4.39. The zero-order valence-corrected chi connectivity index (χ0v) is 12.4. The second kappa shape index (κ2) is 5.83. The number of rotatable bonds is 4. The molecule has 4 heteroatoms. The summed E-state index contributed by atoms with van der Waals surface area (Å²) in [5.41, 5.74) is 1.03. The predicted octanol–water partition coefficient (Wildman–Crippen LogP) is 2.69. The summed E-state index contributed by atoms with van der Waals surface area (Å²) in [6.45, 7) is 6.62. The molecule has 1 aliphatic rings. The average Bonchev–Trinajstić information content (AvgIpc) is 2.93. The molecule has 1 atom stereocenters. The zero-order chi connectivity index (χ0) is 13.9. The molecule has 3 heterocycles. The second-order valence-electron chi connectivity index (χ2n) is 5.95. The van der Waals surface area contributed by atoms with E-state index in [4.69, 9.17) is 0 Å². The van der Waals surface area contributed by atoms with Crippen LogP contribution in [0.15, 0.2) is 30.6 Å². The average molecular weight is 272 g/mol. The van der Waals surface area contributed by atoms with Crippen molar-refractivity contribution >= 4 is 11.5 Å². The molecule has 0 radical (unpaired) electrons. The quantitative estimate of drug-likeness (QED) is 0.929. The molecule has 0 saturated carbocycles. The summed E-state index contributed by atoms with van der Waals surface area (Å²) in [5.74, 6) is 1.27. The molecule has 1 fully saturated rings. The van der Waals surface area contributed by atoms with Gasteiger partial charge in [0.1, 0.15) is 11.5 Å². The lowest BCUT2D eigenvalue weighted by atomic mass is 10.0. The summed E-state index contributed by atoms with van der Waals surface area (Å²) in [6, 6.07) is 7.51. The molecule has 1 unspecified atom stereocenters. The van der Waals surface area contributed by atoms with Crippen LogP contribution < -0.4 is 10.2 Å². The van der Waals surface area contributed by atoms with E-state index >= 15 is 0 Å². The van der Waals surface area contributed by atoms with Crippen LogP contribution in [-0.2, 0) is 0 Å². The van der Waals surface area contributed by atoms with Gasteiger partial charge in [-0.15, -0.1) is 0 Å². The van der Waals surface area contributed by atoms with Gasteiger partial charge in [-0.1, -0.05) is 19.9 Å². The van der Waals surface area contributed by atoms with Crippen molar-refractivity contribution in [1.29, 1.82) is 0 Å². The Morgan fingerprint density at radius 3 is 3.10 bits per heavy atom. The highest BCUT2D eigenvalue weighted by Crippen LogP contribution is 2.25. The summed E-state index contributed by atoms with van der Waals surface area (Å²) in [6.07, 6.45) is 7.82. The van der Waals surface area contributed by atoms with Crippen LogP contribution in [0.3, 0.4) is 0 Å². The number of aromatic nitrogens is 2. The third kappa shape index (κ3) is 2.66. The number of pyridine rings is 1. The van der Waals surface area contributed by atoms with Crippen LogP contribution in [0, 0.1) is 0 Å². The van der Waals surface area contributed by atoms with Gasteiger partial charge in [0.25, 0.3) is 0 Å². The number of fused-ring (bicyclic) bond motifs is 1. The van der Waals surface area contributed by atoms with Gasteiger partial charge >= 0.3 is 0 Å². The highest BCUT2D eigenvalue weighted by molar-refractivity contribution is 5.52. The summed E-state index contributed by atoms with van der Waals surface area (Å²) in [4.78, 5) is 6.94. The van der Waals surface area contributed by atoms with E-state index in [1.54, 1.807) is 0 Å². The molecule has 3 rings (SSSR count). The van der Waals surface area contributed by atoms with Crippen molar-refractivity contribution in [1.82, 2.24) is 14.7 Å². The Morgan fingerprint density at radius 2 is 2.25 bits per heavy atom. The van der Waals surface area contributed by atoms with Gasteiger partial charge in [-0.2, -0.15) is 0 Å². The topological polar surface area (TPSA) is 32.6 Å². The fourth-order valence-electron chi connectivity index (χ4n) is 3.05. The lowest BCUT2D eigenvalue weighted by molar-refractivity contribution is 0.418. The Balaban J connectivity index is 1.87. The number of nitrogens with one attached hydrogen (secondary N) is 1. The summed E-state index contributed by atoms with van der Waals surface area (Å²) < 4.78 is 2.20. The van der Waals surface area contributed by atoms with Crippen LogP contribution >= 0.6 is 0 Å². The van der Waals surface area contributed by atoms with Crippen molar-refractivity contribution in [3.63, 3.8) is 0 Å². The molecule has 0 aromatic carbocycles. The molecule has 0 aliphatic carbocycles. The normalized spacial score (nSPS) is 19.9. The minimum atomic E-state index is 0.544. The van der Waals surface area contributed by atoms with Crippen molar-refractivity contribution in [2.24, 2.45) is 0 Å². The monoisotopic (exact) mass is 272 g/mol. The van der Waals surface area contributed by atoms with Crippen LogP contribution in [0.4, 0.5) is 5.82 Å². The van der Waals surface area contributed by atoms with Crippen molar-refractivity contribution in [3.05, 3.63) is 30.6 Å². The standard InChI is InChI=1S/C16H24N4/c1-13(2)18-12-14-6-3-4-10-19(14)16-8-5-7-15-17-9-11-20(15)16/h5,7-9,11,13-14,18H,3-4,6,10,12H2,1-2H3. The molecular formula is C16H24N4. The van der Waals surface area contributed by atoms with Crippen LogP contribution in [0.25, 0.3) is 5.65 Å². The van der Waals surface area contributed by atoms with Crippen LogP contribution in [-0.4, -0.2) is 34.6 Å². The molecule has 2 aromatic rings. The lowest BCUT2D eigenvalue weighted by Gasteiger charge is -2.38. The number of imidazole rings is 1. The number of hydrogen-bond acceptors (Lipinski definition) is 3. The van der Waals surface area contributed by atoms with Gasteiger partial charge in [-0.25, -0.2) is 4.98 Å². The van der Waals surface area contributed by atoms with Crippen molar-refractivity contribution in [2.45, 2.75) is 45.2 Å². The highest BCUT2D eigenvalue weighted by Gasteiger charge is 2.24. The van der Waals surface area contributed by atoms with E-state index in [0.717, 1.165) is 18.7 Å². The van der Waals surface area contributed by atoms with E-state index in [-0.39, 0.29) is 0 Å². The Bertz CT molecular complexity index is 560. The minimum absolute atomic E-state index is 0.544. The molecule has 0 amide bonds.